The highest BCUT2D eigenvalue weighted by Gasteiger charge is 2.17. The molecule has 74 valence electrons. The fourth-order valence-corrected chi connectivity index (χ4v) is 0.981. The molecule has 1 aromatic carbocycles. The average Bonchev–Trinajstić information content (AvgIpc) is 2.12. The Hall–Kier alpha value is -1.78. The quantitative estimate of drug-likeness (QED) is 0.582. The van der Waals surface area contributed by atoms with E-state index in [0.717, 1.165) is 6.07 Å². The number of carbonyl (C=O) groups excluding carboxylic acids is 1. The summed E-state index contributed by atoms with van der Waals surface area (Å²) < 4.78 is 25.5. The number of hydrogen-bond donors (Lipinski definition) is 1. The molecule has 0 amide bonds. The number of Topliss-reactive ketones (excluding diaryl/α,β-unsaturated/α-hetero) is 1. The molecule has 0 saturated heterocycles. The van der Waals surface area contributed by atoms with Gasteiger partial charge in [-0.1, -0.05) is 0 Å². The first-order chi connectivity index (χ1) is 6.43. The SMILES string of the molecule is Cc1cc(C(=O)C(=O)O)cc(F)c1F. The van der Waals surface area contributed by atoms with E-state index in [4.69, 9.17) is 5.11 Å². The van der Waals surface area contributed by atoms with Gasteiger partial charge >= 0.3 is 5.97 Å². The molecule has 1 aromatic rings. The third kappa shape index (κ3) is 1.76. The summed E-state index contributed by atoms with van der Waals surface area (Å²) in [4.78, 5) is 21.1. The summed E-state index contributed by atoms with van der Waals surface area (Å²) in [7, 11) is 0. The first kappa shape index (κ1) is 10.3. The van der Waals surface area contributed by atoms with Crippen molar-refractivity contribution in [2.45, 2.75) is 6.92 Å². The third-order valence-corrected chi connectivity index (χ3v) is 1.67. The average molecular weight is 200 g/mol. The van der Waals surface area contributed by atoms with E-state index in [0.29, 0.717) is 6.07 Å². The van der Waals surface area contributed by atoms with Gasteiger partial charge in [-0.15, -0.1) is 0 Å². The van der Waals surface area contributed by atoms with Gasteiger partial charge in [-0.25, -0.2) is 13.6 Å². The Morgan fingerprint density at radius 3 is 2.29 bits per heavy atom. The number of rotatable bonds is 2. The minimum Gasteiger partial charge on any atom is -0.475 e. The summed E-state index contributed by atoms with van der Waals surface area (Å²) in [6, 6.07) is 1.56. The zero-order valence-corrected chi connectivity index (χ0v) is 7.17. The van der Waals surface area contributed by atoms with Crippen LogP contribution in [0.4, 0.5) is 8.78 Å². The predicted molar refractivity (Wildman–Crippen MR) is 43.1 cm³/mol. The van der Waals surface area contributed by atoms with Gasteiger partial charge in [0.05, 0.1) is 0 Å². The number of halogens is 2. The molecule has 0 aromatic heterocycles. The van der Waals surface area contributed by atoms with Gasteiger partial charge in [0.25, 0.3) is 5.78 Å². The molecule has 3 nitrogen and oxygen atoms in total. The normalized spacial score (nSPS) is 9.93. The standard InChI is InChI=1S/C9H6F2O3/c1-4-2-5(8(12)9(13)14)3-6(10)7(4)11/h2-3H,1H3,(H,13,14). The Labute approximate surface area is 78.0 Å². The van der Waals surface area contributed by atoms with Crippen molar-refractivity contribution in [3.8, 4) is 0 Å². The van der Waals surface area contributed by atoms with E-state index in [9.17, 15) is 18.4 Å². The Morgan fingerprint density at radius 1 is 1.29 bits per heavy atom. The Kier molecular flexibility index (Phi) is 2.60. The van der Waals surface area contributed by atoms with Crippen molar-refractivity contribution in [3.63, 3.8) is 0 Å². The van der Waals surface area contributed by atoms with Crippen LogP contribution in [0.3, 0.4) is 0 Å². The number of carboxylic acid groups (broad SMARTS) is 1. The van der Waals surface area contributed by atoms with Crippen LogP contribution >= 0.6 is 0 Å². The van der Waals surface area contributed by atoms with Crippen LogP contribution in [0.15, 0.2) is 12.1 Å². The van der Waals surface area contributed by atoms with Gasteiger partial charge in [0.2, 0.25) is 0 Å². The molecule has 5 heteroatoms. The summed E-state index contributed by atoms with van der Waals surface area (Å²) in [5.41, 5.74) is -0.469. The van der Waals surface area contributed by atoms with Crippen molar-refractivity contribution in [2.75, 3.05) is 0 Å². The zero-order chi connectivity index (χ0) is 10.9. The Bertz CT molecular complexity index is 390. The lowest BCUT2D eigenvalue weighted by Gasteiger charge is -2.01. The molecule has 0 atom stereocenters. The topological polar surface area (TPSA) is 54.4 Å². The number of carbonyl (C=O) groups is 2. The second-order valence-corrected chi connectivity index (χ2v) is 2.72. The maximum Gasteiger partial charge on any atom is 0.377 e. The van der Waals surface area contributed by atoms with Crippen molar-refractivity contribution in [2.24, 2.45) is 0 Å². The van der Waals surface area contributed by atoms with Gasteiger partial charge in [-0.05, 0) is 24.6 Å². The lowest BCUT2D eigenvalue weighted by molar-refractivity contribution is -0.131. The van der Waals surface area contributed by atoms with Crippen molar-refractivity contribution in [1.29, 1.82) is 0 Å². The molecule has 0 radical (unpaired) electrons. The molecule has 0 fully saturated rings. The van der Waals surface area contributed by atoms with E-state index < -0.39 is 23.4 Å². The second-order valence-electron chi connectivity index (χ2n) is 2.72. The fraction of sp³-hybridized carbons (Fsp3) is 0.111. The predicted octanol–water partition coefficient (Wildman–Crippen LogP) is 1.54. The van der Waals surface area contributed by atoms with Gasteiger partial charge in [0, 0.05) is 5.56 Å². The summed E-state index contributed by atoms with van der Waals surface area (Å²) >= 11 is 0. The molecule has 0 aliphatic carbocycles. The summed E-state index contributed by atoms with van der Waals surface area (Å²) in [6.45, 7) is 1.25. The highest BCUT2D eigenvalue weighted by atomic mass is 19.2. The van der Waals surface area contributed by atoms with Gasteiger partial charge in [-0.2, -0.15) is 0 Å². The van der Waals surface area contributed by atoms with Crippen LogP contribution in [0.25, 0.3) is 0 Å². The van der Waals surface area contributed by atoms with Crippen LogP contribution in [-0.2, 0) is 4.79 Å². The number of benzene rings is 1. The number of aryl methyl sites for hydroxylation is 1. The third-order valence-electron chi connectivity index (χ3n) is 1.67. The molecule has 0 saturated carbocycles. The minimum absolute atomic E-state index is 0.102. The van der Waals surface area contributed by atoms with Crippen LogP contribution in [-0.4, -0.2) is 16.9 Å². The second kappa shape index (κ2) is 3.53. The lowest BCUT2D eigenvalue weighted by atomic mass is 10.1. The van der Waals surface area contributed by atoms with Crippen LogP contribution in [0.1, 0.15) is 15.9 Å². The highest BCUT2D eigenvalue weighted by molar-refractivity contribution is 6.39. The first-order valence-corrected chi connectivity index (χ1v) is 3.66. The Morgan fingerprint density at radius 2 is 1.86 bits per heavy atom. The Balaban J connectivity index is 3.26. The molecule has 0 heterocycles. The lowest BCUT2D eigenvalue weighted by Crippen LogP contribution is -2.13. The van der Waals surface area contributed by atoms with E-state index in [1.807, 2.05) is 0 Å². The van der Waals surface area contributed by atoms with Gasteiger partial charge < -0.3 is 5.11 Å². The zero-order valence-electron chi connectivity index (χ0n) is 7.17. The number of aliphatic carboxylic acids is 1. The van der Waals surface area contributed by atoms with E-state index in [-0.39, 0.29) is 11.1 Å². The number of hydrogen-bond acceptors (Lipinski definition) is 2. The van der Waals surface area contributed by atoms with Crippen LogP contribution in [0.2, 0.25) is 0 Å². The van der Waals surface area contributed by atoms with E-state index in [1.165, 1.54) is 6.92 Å². The van der Waals surface area contributed by atoms with Crippen LogP contribution in [0, 0.1) is 18.6 Å². The largest absolute Gasteiger partial charge is 0.475 e. The molecule has 0 unspecified atom stereocenters. The molecular weight excluding hydrogens is 194 g/mol. The van der Waals surface area contributed by atoms with Gasteiger partial charge in [0.15, 0.2) is 11.6 Å². The van der Waals surface area contributed by atoms with Crippen molar-refractivity contribution in [1.82, 2.24) is 0 Å². The molecule has 0 spiro atoms. The molecule has 0 aliphatic heterocycles. The smallest absolute Gasteiger partial charge is 0.377 e. The molecule has 0 bridgehead atoms. The van der Waals surface area contributed by atoms with Crippen LogP contribution < -0.4 is 0 Å². The van der Waals surface area contributed by atoms with Gasteiger partial charge in [0.1, 0.15) is 0 Å². The molecular formula is C9H6F2O3. The van der Waals surface area contributed by atoms with E-state index >= 15 is 0 Å². The summed E-state index contributed by atoms with van der Waals surface area (Å²) in [5, 5.41) is 8.32. The van der Waals surface area contributed by atoms with E-state index in [1.54, 1.807) is 0 Å². The number of carboxylic acids is 1. The molecule has 1 N–H and O–H groups in total. The maximum atomic E-state index is 12.7. The monoisotopic (exact) mass is 200 g/mol. The van der Waals surface area contributed by atoms with E-state index in [2.05, 4.69) is 0 Å². The summed E-state index contributed by atoms with van der Waals surface area (Å²) in [6.07, 6.45) is 0. The van der Waals surface area contributed by atoms with Crippen molar-refractivity contribution < 1.29 is 23.5 Å². The highest BCUT2D eigenvalue weighted by Crippen LogP contribution is 2.14. The molecule has 0 aliphatic rings. The molecule has 14 heavy (non-hydrogen) atoms. The maximum absolute atomic E-state index is 12.7. The van der Waals surface area contributed by atoms with Gasteiger partial charge in [-0.3, -0.25) is 4.79 Å². The molecule has 1 rings (SSSR count). The van der Waals surface area contributed by atoms with Crippen LogP contribution in [0.5, 0.6) is 0 Å². The minimum atomic E-state index is -1.70. The fourth-order valence-electron chi connectivity index (χ4n) is 0.981. The van der Waals surface area contributed by atoms with Crippen molar-refractivity contribution in [3.05, 3.63) is 34.9 Å². The van der Waals surface area contributed by atoms with Crippen molar-refractivity contribution >= 4 is 11.8 Å². The summed E-state index contributed by atoms with van der Waals surface area (Å²) in [5.74, 6) is -5.26. The number of ketones is 1. The first-order valence-electron chi connectivity index (χ1n) is 3.66.